The lowest BCUT2D eigenvalue weighted by molar-refractivity contribution is 0.0526. The first-order chi connectivity index (χ1) is 9.67. The molecule has 0 bridgehead atoms. The average molecular weight is 293 g/mol. The van der Waals surface area contributed by atoms with Crippen molar-refractivity contribution >= 4 is 17.7 Å². The van der Waals surface area contributed by atoms with E-state index >= 15 is 0 Å². The quantitative estimate of drug-likeness (QED) is 0.583. The number of rotatable bonds is 4. The summed E-state index contributed by atoms with van der Waals surface area (Å²) in [6.45, 7) is 7.84. The van der Waals surface area contributed by atoms with Gasteiger partial charge in [-0.3, -0.25) is 4.79 Å². The first-order valence-corrected chi connectivity index (χ1v) is 6.79. The van der Waals surface area contributed by atoms with Gasteiger partial charge in [-0.2, -0.15) is 0 Å². The monoisotopic (exact) mass is 293 g/mol. The molecule has 0 heterocycles. The Morgan fingerprint density at radius 2 is 1.76 bits per heavy atom. The fourth-order valence-corrected chi connectivity index (χ4v) is 1.70. The second-order valence-electron chi connectivity index (χ2n) is 5.82. The van der Waals surface area contributed by atoms with E-state index in [-0.39, 0.29) is 5.91 Å². The Balaban J connectivity index is 2.36. The van der Waals surface area contributed by atoms with Crippen LogP contribution in [0.15, 0.2) is 18.2 Å². The summed E-state index contributed by atoms with van der Waals surface area (Å²) in [4.78, 5) is 23.3. The third kappa shape index (κ3) is 6.65. The van der Waals surface area contributed by atoms with Gasteiger partial charge in [0.05, 0.1) is 0 Å². The van der Waals surface area contributed by atoms with E-state index in [9.17, 15) is 9.59 Å². The third-order valence-corrected chi connectivity index (χ3v) is 2.44. The molecule has 0 aromatic heterocycles. The molecule has 2 amide bonds. The van der Waals surface area contributed by atoms with Crippen LogP contribution >= 0.6 is 0 Å². The molecule has 0 aliphatic heterocycles. The molecule has 1 aromatic carbocycles. The minimum Gasteiger partial charge on any atom is -0.444 e. The summed E-state index contributed by atoms with van der Waals surface area (Å²) >= 11 is 0. The van der Waals surface area contributed by atoms with Crippen molar-refractivity contribution in [2.75, 3.05) is 18.8 Å². The van der Waals surface area contributed by atoms with Crippen LogP contribution in [-0.2, 0) is 4.74 Å². The van der Waals surface area contributed by atoms with Gasteiger partial charge in [-0.05, 0) is 51.5 Å². The van der Waals surface area contributed by atoms with Crippen LogP contribution in [0.3, 0.4) is 0 Å². The number of aryl methyl sites for hydroxylation is 1. The summed E-state index contributed by atoms with van der Waals surface area (Å²) in [5.74, 6) is -0.226. The fraction of sp³-hybridized carbons (Fsp3) is 0.467. The Morgan fingerprint density at radius 3 is 2.33 bits per heavy atom. The molecule has 21 heavy (non-hydrogen) atoms. The SMILES string of the molecule is Cc1cc(N)cc(C(=O)NCCNC(=O)OC(C)(C)C)c1. The fourth-order valence-electron chi connectivity index (χ4n) is 1.70. The molecule has 4 N–H and O–H groups in total. The normalized spacial score (nSPS) is 10.9. The molecular weight excluding hydrogens is 270 g/mol. The van der Waals surface area contributed by atoms with Gasteiger partial charge in [0.1, 0.15) is 5.60 Å². The van der Waals surface area contributed by atoms with E-state index in [1.54, 1.807) is 39.0 Å². The Hall–Kier alpha value is -2.24. The minimum absolute atomic E-state index is 0.226. The highest BCUT2D eigenvalue weighted by molar-refractivity contribution is 5.95. The molecule has 116 valence electrons. The molecule has 6 nitrogen and oxygen atoms in total. The lowest BCUT2D eigenvalue weighted by atomic mass is 10.1. The van der Waals surface area contributed by atoms with E-state index in [1.165, 1.54) is 0 Å². The van der Waals surface area contributed by atoms with Crippen molar-refractivity contribution in [3.05, 3.63) is 29.3 Å². The van der Waals surface area contributed by atoms with E-state index in [4.69, 9.17) is 10.5 Å². The molecule has 0 atom stereocenters. The van der Waals surface area contributed by atoms with Crippen molar-refractivity contribution < 1.29 is 14.3 Å². The summed E-state index contributed by atoms with van der Waals surface area (Å²) in [6, 6.07) is 5.16. The van der Waals surface area contributed by atoms with Crippen molar-refractivity contribution in [2.24, 2.45) is 0 Å². The van der Waals surface area contributed by atoms with Crippen molar-refractivity contribution in [3.8, 4) is 0 Å². The van der Waals surface area contributed by atoms with E-state index in [1.807, 2.05) is 6.92 Å². The molecule has 0 saturated heterocycles. The van der Waals surface area contributed by atoms with Crippen LogP contribution in [0.25, 0.3) is 0 Å². The van der Waals surface area contributed by atoms with Gasteiger partial charge in [-0.1, -0.05) is 0 Å². The van der Waals surface area contributed by atoms with E-state index in [0.717, 1.165) is 5.56 Å². The Morgan fingerprint density at radius 1 is 1.14 bits per heavy atom. The lowest BCUT2D eigenvalue weighted by Gasteiger charge is -2.19. The number of ether oxygens (including phenoxy) is 1. The van der Waals surface area contributed by atoms with Crippen molar-refractivity contribution in [2.45, 2.75) is 33.3 Å². The number of alkyl carbamates (subject to hydrolysis) is 1. The van der Waals surface area contributed by atoms with Crippen LogP contribution in [0.4, 0.5) is 10.5 Å². The lowest BCUT2D eigenvalue weighted by Crippen LogP contribution is -2.37. The highest BCUT2D eigenvalue weighted by Crippen LogP contribution is 2.11. The predicted octanol–water partition coefficient (Wildman–Crippen LogP) is 1.83. The van der Waals surface area contributed by atoms with Gasteiger partial charge in [0.2, 0.25) is 0 Å². The van der Waals surface area contributed by atoms with Crippen molar-refractivity contribution in [1.29, 1.82) is 0 Å². The average Bonchev–Trinajstić information content (AvgIpc) is 2.31. The summed E-state index contributed by atoms with van der Waals surface area (Å²) < 4.78 is 5.08. The highest BCUT2D eigenvalue weighted by Gasteiger charge is 2.15. The van der Waals surface area contributed by atoms with E-state index in [2.05, 4.69) is 10.6 Å². The summed E-state index contributed by atoms with van der Waals surface area (Å²) in [7, 11) is 0. The second kappa shape index (κ2) is 6.97. The van der Waals surface area contributed by atoms with Crippen LogP contribution in [0.1, 0.15) is 36.7 Å². The maximum Gasteiger partial charge on any atom is 0.407 e. The van der Waals surface area contributed by atoms with Gasteiger partial charge in [-0.15, -0.1) is 0 Å². The number of carbonyl (C=O) groups excluding carboxylic acids is 2. The van der Waals surface area contributed by atoms with Crippen LogP contribution in [0.5, 0.6) is 0 Å². The number of hydrogen-bond acceptors (Lipinski definition) is 4. The Kier molecular flexibility index (Phi) is 5.58. The van der Waals surface area contributed by atoms with Gasteiger partial charge in [0, 0.05) is 24.3 Å². The van der Waals surface area contributed by atoms with E-state index < -0.39 is 11.7 Å². The standard InChI is InChI=1S/C15H23N3O3/c1-10-7-11(9-12(16)8-10)13(19)17-5-6-18-14(20)21-15(2,3)4/h7-9H,5-6,16H2,1-4H3,(H,17,19)(H,18,20). The van der Waals surface area contributed by atoms with Crippen LogP contribution in [-0.4, -0.2) is 30.7 Å². The van der Waals surface area contributed by atoms with Crippen LogP contribution in [0.2, 0.25) is 0 Å². The molecule has 1 rings (SSSR count). The predicted molar refractivity (Wildman–Crippen MR) is 82.2 cm³/mol. The highest BCUT2D eigenvalue weighted by atomic mass is 16.6. The molecule has 0 aliphatic carbocycles. The van der Waals surface area contributed by atoms with Crippen molar-refractivity contribution in [1.82, 2.24) is 10.6 Å². The van der Waals surface area contributed by atoms with Gasteiger partial charge >= 0.3 is 6.09 Å². The number of anilines is 1. The largest absolute Gasteiger partial charge is 0.444 e. The third-order valence-electron chi connectivity index (χ3n) is 2.44. The molecule has 0 unspecified atom stereocenters. The molecule has 0 spiro atoms. The number of benzene rings is 1. The summed E-state index contributed by atoms with van der Waals surface area (Å²) in [6.07, 6.45) is -0.503. The molecule has 0 saturated carbocycles. The number of nitrogen functional groups attached to an aromatic ring is 1. The Labute approximate surface area is 125 Å². The summed E-state index contributed by atoms with van der Waals surface area (Å²) in [5.41, 5.74) is 7.14. The number of amides is 2. The van der Waals surface area contributed by atoms with Crippen molar-refractivity contribution in [3.63, 3.8) is 0 Å². The zero-order valence-electron chi connectivity index (χ0n) is 12.9. The molecule has 0 aliphatic rings. The zero-order valence-corrected chi connectivity index (χ0v) is 12.9. The minimum atomic E-state index is -0.535. The van der Waals surface area contributed by atoms with Gasteiger partial charge in [0.15, 0.2) is 0 Å². The van der Waals surface area contributed by atoms with Gasteiger partial charge in [0.25, 0.3) is 5.91 Å². The number of nitrogens with two attached hydrogens (primary N) is 1. The molecule has 6 heteroatoms. The maximum atomic E-state index is 11.9. The molecule has 1 aromatic rings. The Bertz CT molecular complexity index is 501. The molecule has 0 fully saturated rings. The number of hydrogen-bond donors (Lipinski definition) is 3. The zero-order chi connectivity index (χ0) is 16.0. The summed E-state index contributed by atoms with van der Waals surface area (Å²) in [5, 5.41) is 5.28. The number of nitrogens with one attached hydrogen (secondary N) is 2. The van der Waals surface area contributed by atoms with Gasteiger partial charge in [-0.25, -0.2) is 4.79 Å². The maximum absolute atomic E-state index is 11.9. The van der Waals surface area contributed by atoms with Gasteiger partial charge < -0.3 is 21.1 Å². The first kappa shape index (κ1) is 16.8. The molecule has 0 radical (unpaired) electrons. The number of carbonyl (C=O) groups is 2. The topological polar surface area (TPSA) is 93.5 Å². The molecular formula is C15H23N3O3. The van der Waals surface area contributed by atoms with E-state index in [0.29, 0.717) is 24.3 Å². The smallest absolute Gasteiger partial charge is 0.407 e. The van der Waals surface area contributed by atoms with Crippen LogP contribution in [0, 0.1) is 6.92 Å². The van der Waals surface area contributed by atoms with Crippen LogP contribution < -0.4 is 16.4 Å². The second-order valence-corrected chi connectivity index (χ2v) is 5.82. The first-order valence-electron chi connectivity index (χ1n) is 6.79.